The van der Waals surface area contributed by atoms with Gasteiger partial charge in [0.2, 0.25) is 11.2 Å². The number of hydrogen-bond acceptors (Lipinski definition) is 8. The summed E-state index contributed by atoms with van der Waals surface area (Å²) in [6, 6.07) is 0.278. The normalized spacial score (nSPS) is 18.7. The molecule has 0 saturated carbocycles. The summed E-state index contributed by atoms with van der Waals surface area (Å²) in [5.74, 6) is 1.40. The van der Waals surface area contributed by atoms with Crippen molar-refractivity contribution in [2.75, 3.05) is 51.3 Å². The summed E-state index contributed by atoms with van der Waals surface area (Å²) in [7, 11) is 1.96. The van der Waals surface area contributed by atoms with Crippen LogP contribution in [-0.4, -0.2) is 93.2 Å². The molecule has 2 fully saturated rings. The number of amides is 1. The lowest BCUT2D eigenvalue weighted by atomic mass is 9.97. The number of carbonyl (C=O) groups is 1. The van der Waals surface area contributed by atoms with Gasteiger partial charge in [-0.05, 0) is 39.4 Å². The molecule has 0 spiro atoms. The summed E-state index contributed by atoms with van der Waals surface area (Å²) in [6.45, 7) is 11.8. The number of aromatic nitrogens is 4. The number of rotatable bonds is 7. The van der Waals surface area contributed by atoms with E-state index in [-0.39, 0.29) is 17.2 Å². The Kier molecular flexibility index (Phi) is 6.08. The molecule has 0 bridgehead atoms. The first kappa shape index (κ1) is 22.2. The molecule has 4 heterocycles. The van der Waals surface area contributed by atoms with E-state index in [4.69, 9.17) is 27.1 Å². The number of likely N-dealkylation sites (N-methyl/N-ethyl adjacent to an activating group) is 1. The molecule has 11 heteroatoms. The minimum absolute atomic E-state index is 0.231. The van der Waals surface area contributed by atoms with Crippen molar-refractivity contribution in [2.24, 2.45) is 5.73 Å². The zero-order valence-corrected chi connectivity index (χ0v) is 19.4. The molecule has 0 aliphatic carbocycles. The van der Waals surface area contributed by atoms with Gasteiger partial charge in [-0.15, -0.1) is 0 Å². The zero-order chi connectivity index (χ0) is 22.3. The van der Waals surface area contributed by atoms with Gasteiger partial charge in [0, 0.05) is 38.8 Å². The Bertz CT molecular complexity index is 966. The van der Waals surface area contributed by atoms with Crippen molar-refractivity contribution in [3.8, 4) is 0 Å². The van der Waals surface area contributed by atoms with Crippen molar-refractivity contribution >= 4 is 34.5 Å². The van der Waals surface area contributed by atoms with Crippen molar-refractivity contribution in [3.63, 3.8) is 0 Å². The van der Waals surface area contributed by atoms with E-state index >= 15 is 0 Å². The number of likely N-dealkylation sites (tertiary alicyclic amines) is 1. The lowest BCUT2D eigenvalue weighted by molar-refractivity contribution is -0.131. The van der Waals surface area contributed by atoms with E-state index in [1.807, 2.05) is 20.9 Å². The molecular weight excluding hydrogens is 420 g/mol. The molecule has 2 aliphatic rings. The Morgan fingerprint density at radius 1 is 1.26 bits per heavy atom. The average molecular weight is 451 g/mol. The van der Waals surface area contributed by atoms with Crippen LogP contribution in [0.2, 0.25) is 5.28 Å². The number of hydrogen-bond donors (Lipinski definition) is 1. The van der Waals surface area contributed by atoms with E-state index < -0.39 is 5.54 Å². The van der Waals surface area contributed by atoms with E-state index in [0.717, 1.165) is 55.5 Å². The Morgan fingerprint density at radius 2 is 1.94 bits per heavy atom. The predicted molar refractivity (Wildman–Crippen MR) is 119 cm³/mol. The first-order valence-corrected chi connectivity index (χ1v) is 11.1. The molecule has 0 radical (unpaired) electrons. The first-order chi connectivity index (χ1) is 14.7. The second-order valence-corrected chi connectivity index (χ2v) is 9.08. The summed E-state index contributed by atoms with van der Waals surface area (Å²) < 4.78 is 7.58. The van der Waals surface area contributed by atoms with Crippen LogP contribution < -0.4 is 10.6 Å². The minimum atomic E-state index is -0.674. The van der Waals surface area contributed by atoms with Crippen LogP contribution in [0.5, 0.6) is 0 Å². The maximum absolute atomic E-state index is 11.8. The number of ether oxygens (including phenoxy) is 1. The third-order valence-electron chi connectivity index (χ3n) is 6.59. The number of morpholine rings is 1. The summed E-state index contributed by atoms with van der Waals surface area (Å²) >= 11 is 6.27. The Labute approximate surface area is 187 Å². The lowest BCUT2D eigenvalue weighted by Gasteiger charge is -2.48. The standard InChI is InChI=1S/C20H31ClN8O2/c1-5-29-14(12-27-10-13(11-27)26(4)20(2,3)18(22)30)23-15-16(24-19(21)25-17(15)29)28-6-8-31-9-7-28/h13H,5-12H2,1-4H3,(H2,22,30). The Balaban J connectivity index is 1.54. The van der Waals surface area contributed by atoms with Gasteiger partial charge >= 0.3 is 0 Å². The molecule has 31 heavy (non-hydrogen) atoms. The van der Waals surface area contributed by atoms with Gasteiger partial charge in [0.15, 0.2) is 17.0 Å². The number of anilines is 1. The van der Waals surface area contributed by atoms with Crippen LogP contribution in [-0.2, 0) is 22.6 Å². The fourth-order valence-electron chi connectivity index (χ4n) is 4.20. The first-order valence-electron chi connectivity index (χ1n) is 10.7. The third-order valence-corrected chi connectivity index (χ3v) is 6.76. The monoisotopic (exact) mass is 450 g/mol. The van der Waals surface area contributed by atoms with E-state index in [9.17, 15) is 4.79 Å². The second kappa shape index (κ2) is 8.50. The van der Waals surface area contributed by atoms with E-state index in [1.165, 1.54) is 0 Å². The largest absolute Gasteiger partial charge is 0.378 e. The van der Waals surface area contributed by atoms with Crippen molar-refractivity contribution in [1.82, 2.24) is 29.3 Å². The van der Waals surface area contributed by atoms with Crippen molar-refractivity contribution in [2.45, 2.75) is 45.4 Å². The number of aryl methyl sites for hydroxylation is 1. The molecule has 0 atom stereocenters. The summed E-state index contributed by atoms with van der Waals surface area (Å²) in [6.07, 6.45) is 0. The number of carbonyl (C=O) groups excluding carboxylic acids is 1. The van der Waals surface area contributed by atoms with Gasteiger partial charge in [-0.2, -0.15) is 9.97 Å². The Morgan fingerprint density at radius 3 is 2.55 bits per heavy atom. The summed E-state index contributed by atoms with van der Waals surface area (Å²) in [5, 5.41) is 0.231. The SMILES string of the molecule is CCn1c(CN2CC(N(C)C(C)(C)C(N)=O)C2)nc2c(N3CCOCC3)nc(Cl)nc21. The fourth-order valence-corrected chi connectivity index (χ4v) is 4.36. The van der Waals surface area contributed by atoms with Gasteiger partial charge in [0.05, 0.1) is 25.3 Å². The highest BCUT2D eigenvalue weighted by molar-refractivity contribution is 6.28. The van der Waals surface area contributed by atoms with Crippen molar-refractivity contribution in [1.29, 1.82) is 0 Å². The zero-order valence-electron chi connectivity index (χ0n) is 18.6. The number of halogens is 1. The molecule has 4 rings (SSSR count). The van der Waals surface area contributed by atoms with E-state index in [0.29, 0.717) is 19.8 Å². The van der Waals surface area contributed by atoms with Crippen LogP contribution in [0.25, 0.3) is 11.2 Å². The number of primary amides is 1. The molecule has 10 nitrogen and oxygen atoms in total. The third kappa shape index (κ3) is 4.09. The van der Waals surface area contributed by atoms with Crippen LogP contribution in [0, 0.1) is 0 Å². The van der Waals surface area contributed by atoms with Crippen molar-refractivity contribution < 1.29 is 9.53 Å². The highest BCUT2D eigenvalue weighted by Crippen LogP contribution is 2.29. The van der Waals surface area contributed by atoms with Crippen LogP contribution in [0.4, 0.5) is 5.82 Å². The molecule has 0 unspecified atom stereocenters. The fraction of sp³-hybridized carbons (Fsp3) is 0.700. The summed E-state index contributed by atoms with van der Waals surface area (Å²) in [4.78, 5) is 32.2. The van der Waals surface area contributed by atoms with Gasteiger partial charge in [-0.1, -0.05) is 0 Å². The van der Waals surface area contributed by atoms with Gasteiger partial charge < -0.3 is 19.9 Å². The molecular formula is C20H31ClN8O2. The van der Waals surface area contributed by atoms with Gasteiger partial charge in [0.1, 0.15) is 5.82 Å². The van der Waals surface area contributed by atoms with Crippen LogP contribution in [0.1, 0.15) is 26.6 Å². The summed E-state index contributed by atoms with van der Waals surface area (Å²) in [5.41, 5.74) is 6.45. The number of imidazole rings is 1. The van der Waals surface area contributed by atoms with E-state index in [1.54, 1.807) is 0 Å². The molecule has 2 saturated heterocycles. The minimum Gasteiger partial charge on any atom is -0.378 e. The second-order valence-electron chi connectivity index (χ2n) is 8.74. The van der Waals surface area contributed by atoms with Crippen LogP contribution >= 0.6 is 11.6 Å². The molecule has 2 aromatic rings. The van der Waals surface area contributed by atoms with Gasteiger partial charge in [-0.3, -0.25) is 14.6 Å². The van der Waals surface area contributed by atoms with E-state index in [2.05, 4.69) is 36.2 Å². The Hall–Kier alpha value is -2.01. The average Bonchev–Trinajstić information content (AvgIpc) is 3.06. The van der Waals surface area contributed by atoms with Crippen molar-refractivity contribution in [3.05, 3.63) is 11.1 Å². The molecule has 0 aromatic carbocycles. The maximum atomic E-state index is 11.8. The smallest absolute Gasteiger partial charge is 0.237 e. The highest BCUT2D eigenvalue weighted by atomic mass is 35.5. The van der Waals surface area contributed by atoms with Gasteiger partial charge in [0.25, 0.3) is 0 Å². The number of fused-ring (bicyclic) bond motifs is 1. The predicted octanol–water partition coefficient (Wildman–Crippen LogP) is 0.716. The van der Waals surface area contributed by atoms with Gasteiger partial charge in [-0.25, -0.2) is 4.98 Å². The molecule has 170 valence electrons. The quantitative estimate of drug-likeness (QED) is 0.615. The maximum Gasteiger partial charge on any atom is 0.237 e. The molecule has 2 aromatic heterocycles. The molecule has 1 amide bonds. The van der Waals surface area contributed by atoms with Crippen LogP contribution in [0.15, 0.2) is 0 Å². The lowest BCUT2D eigenvalue weighted by Crippen LogP contribution is -2.65. The number of nitrogens with zero attached hydrogens (tertiary/aromatic N) is 7. The number of nitrogens with two attached hydrogens (primary N) is 1. The molecule has 2 N–H and O–H groups in total. The topological polar surface area (TPSA) is 106 Å². The molecule has 2 aliphatic heterocycles. The van der Waals surface area contributed by atoms with Crippen LogP contribution in [0.3, 0.4) is 0 Å². The highest BCUT2D eigenvalue weighted by Gasteiger charge is 2.40.